The third-order valence-electron chi connectivity index (χ3n) is 4.66. The van der Waals surface area contributed by atoms with Crippen molar-refractivity contribution in [2.24, 2.45) is 0 Å². The van der Waals surface area contributed by atoms with Crippen LogP contribution in [0.1, 0.15) is 38.8 Å². The summed E-state index contributed by atoms with van der Waals surface area (Å²) in [6, 6.07) is 2.20. The molecule has 0 atom stereocenters. The molecule has 0 saturated carbocycles. The Morgan fingerprint density at radius 1 is 1.17 bits per heavy atom. The number of likely N-dealkylation sites (tertiary alicyclic amines) is 1. The SMILES string of the molecule is O=C(c1nc2c(s1)CCN(Cc1ccsc1)CC2)N1CCCC1. The Balaban J connectivity index is 1.42. The van der Waals surface area contributed by atoms with E-state index in [-0.39, 0.29) is 5.91 Å². The number of hydrogen-bond donors (Lipinski definition) is 0. The van der Waals surface area contributed by atoms with Gasteiger partial charge in [0.05, 0.1) is 5.69 Å². The number of aromatic nitrogens is 1. The topological polar surface area (TPSA) is 36.4 Å². The van der Waals surface area contributed by atoms with Crippen molar-refractivity contribution in [1.82, 2.24) is 14.8 Å². The second kappa shape index (κ2) is 6.71. The average molecular weight is 348 g/mol. The van der Waals surface area contributed by atoms with E-state index in [0.717, 1.165) is 64.1 Å². The Morgan fingerprint density at radius 2 is 2.00 bits per heavy atom. The molecule has 0 radical (unpaired) electrons. The molecule has 0 spiro atoms. The van der Waals surface area contributed by atoms with Gasteiger partial charge in [0.2, 0.25) is 0 Å². The maximum absolute atomic E-state index is 12.5. The van der Waals surface area contributed by atoms with Crippen molar-refractivity contribution in [2.75, 3.05) is 26.2 Å². The summed E-state index contributed by atoms with van der Waals surface area (Å²) in [5, 5.41) is 5.08. The van der Waals surface area contributed by atoms with Gasteiger partial charge in [-0.15, -0.1) is 11.3 Å². The molecule has 6 heteroatoms. The maximum Gasteiger partial charge on any atom is 0.282 e. The number of nitrogens with zero attached hydrogens (tertiary/aromatic N) is 3. The standard InChI is InChI=1S/C17H21N3OS2/c21-17(20-6-1-2-7-20)16-18-14-3-8-19(9-4-15(14)23-16)11-13-5-10-22-12-13/h5,10,12H,1-4,6-9,11H2. The van der Waals surface area contributed by atoms with E-state index in [1.54, 1.807) is 22.7 Å². The first kappa shape index (κ1) is 15.3. The lowest BCUT2D eigenvalue weighted by molar-refractivity contribution is 0.0792. The van der Waals surface area contributed by atoms with Crippen molar-refractivity contribution in [3.8, 4) is 0 Å². The number of amides is 1. The smallest absolute Gasteiger partial charge is 0.282 e. The molecular formula is C17H21N3OS2. The van der Waals surface area contributed by atoms with Crippen LogP contribution in [0.4, 0.5) is 0 Å². The van der Waals surface area contributed by atoms with Crippen LogP contribution < -0.4 is 0 Å². The molecular weight excluding hydrogens is 326 g/mol. The molecule has 1 fully saturated rings. The largest absolute Gasteiger partial charge is 0.337 e. The number of fused-ring (bicyclic) bond motifs is 1. The van der Waals surface area contributed by atoms with E-state index in [1.807, 2.05) is 4.90 Å². The third kappa shape index (κ3) is 3.34. The molecule has 2 aliphatic heterocycles. The van der Waals surface area contributed by atoms with Crippen molar-refractivity contribution < 1.29 is 4.79 Å². The van der Waals surface area contributed by atoms with Gasteiger partial charge in [0.1, 0.15) is 0 Å². The first-order valence-corrected chi connectivity index (χ1v) is 10.1. The molecule has 2 aromatic rings. The quantitative estimate of drug-likeness (QED) is 0.856. The normalized spacial score (nSPS) is 18.9. The van der Waals surface area contributed by atoms with Gasteiger partial charge in [0, 0.05) is 44.0 Å². The van der Waals surface area contributed by atoms with Crippen molar-refractivity contribution in [3.63, 3.8) is 0 Å². The Hall–Kier alpha value is -1.24. The number of thiophene rings is 1. The molecule has 1 amide bonds. The van der Waals surface area contributed by atoms with E-state index in [4.69, 9.17) is 0 Å². The maximum atomic E-state index is 12.5. The van der Waals surface area contributed by atoms with Crippen LogP contribution in [-0.4, -0.2) is 46.9 Å². The van der Waals surface area contributed by atoms with Gasteiger partial charge in [-0.2, -0.15) is 11.3 Å². The highest BCUT2D eigenvalue weighted by Crippen LogP contribution is 2.25. The highest BCUT2D eigenvalue weighted by molar-refractivity contribution is 7.13. The Labute approximate surface area is 144 Å². The van der Waals surface area contributed by atoms with Gasteiger partial charge in [-0.05, 0) is 41.7 Å². The molecule has 0 aromatic carbocycles. The van der Waals surface area contributed by atoms with Crippen molar-refractivity contribution in [3.05, 3.63) is 38.0 Å². The Kier molecular flexibility index (Phi) is 4.46. The Bertz CT molecular complexity index is 649. The van der Waals surface area contributed by atoms with Crippen LogP contribution in [0.15, 0.2) is 16.8 Å². The lowest BCUT2D eigenvalue weighted by Gasteiger charge is -2.18. The van der Waals surface area contributed by atoms with Crippen molar-refractivity contribution in [2.45, 2.75) is 32.2 Å². The average Bonchev–Trinajstić information content (AvgIpc) is 3.29. The van der Waals surface area contributed by atoms with Gasteiger partial charge in [0.25, 0.3) is 5.91 Å². The highest BCUT2D eigenvalue weighted by atomic mass is 32.1. The van der Waals surface area contributed by atoms with E-state index < -0.39 is 0 Å². The van der Waals surface area contributed by atoms with E-state index in [2.05, 4.69) is 26.7 Å². The van der Waals surface area contributed by atoms with Gasteiger partial charge in [-0.3, -0.25) is 9.69 Å². The number of hydrogen-bond acceptors (Lipinski definition) is 5. The summed E-state index contributed by atoms with van der Waals surface area (Å²) >= 11 is 3.39. The minimum Gasteiger partial charge on any atom is -0.337 e. The summed E-state index contributed by atoms with van der Waals surface area (Å²) in [7, 11) is 0. The van der Waals surface area contributed by atoms with Crippen molar-refractivity contribution >= 4 is 28.6 Å². The van der Waals surface area contributed by atoms with Crippen LogP contribution in [0, 0.1) is 0 Å². The molecule has 4 nitrogen and oxygen atoms in total. The fraction of sp³-hybridized carbons (Fsp3) is 0.529. The summed E-state index contributed by atoms with van der Waals surface area (Å²) in [6.45, 7) is 4.92. The minimum atomic E-state index is 0.149. The van der Waals surface area contributed by atoms with Gasteiger partial charge in [-0.1, -0.05) is 0 Å². The van der Waals surface area contributed by atoms with Crippen molar-refractivity contribution in [1.29, 1.82) is 0 Å². The fourth-order valence-electron chi connectivity index (χ4n) is 3.36. The zero-order chi connectivity index (χ0) is 15.6. The van der Waals surface area contributed by atoms with Crippen LogP contribution in [0.25, 0.3) is 0 Å². The molecule has 23 heavy (non-hydrogen) atoms. The predicted octanol–water partition coefficient (Wildman–Crippen LogP) is 3.04. The summed E-state index contributed by atoms with van der Waals surface area (Å²) < 4.78 is 0. The molecule has 0 aliphatic carbocycles. The van der Waals surface area contributed by atoms with E-state index in [0.29, 0.717) is 5.01 Å². The summed E-state index contributed by atoms with van der Waals surface area (Å²) in [6.07, 6.45) is 4.25. The number of thiazole rings is 1. The zero-order valence-corrected chi connectivity index (χ0v) is 14.8. The molecule has 0 N–H and O–H groups in total. The molecule has 0 bridgehead atoms. The molecule has 122 valence electrons. The monoisotopic (exact) mass is 347 g/mol. The number of carbonyl (C=O) groups is 1. The van der Waals surface area contributed by atoms with E-state index >= 15 is 0 Å². The van der Waals surface area contributed by atoms with E-state index in [9.17, 15) is 4.79 Å². The van der Waals surface area contributed by atoms with Crippen LogP contribution in [0.2, 0.25) is 0 Å². The van der Waals surface area contributed by atoms with Crippen LogP contribution in [0.5, 0.6) is 0 Å². The second-order valence-corrected chi connectivity index (χ2v) is 8.16. The summed E-state index contributed by atoms with van der Waals surface area (Å²) in [5.41, 5.74) is 2.56. The predicted molar refractivity (Wildman–Crippen MR) is 94.3 cm³/mol. The van der Waals surface area contributed by atoms with Crippen LogP contribution in [0.3, 0.4) is 0 Å². The first-order chi connectivity index (χ1) is 11.3. The molecule has 2 aromatic heterocycles. The van der Waals surface area contributed by atoms with Gasteiger partial charge >= 0.3 is 0 Å². The van der Waals surface area contributed by atoms with Crippen LogP contribution in [-0.2, 0) is 19.4 Å². The molecule has 4 heterocycles. The van der Waals surface area contributed by atoms with Gasteiger partial charge < -0.3 is 4.90 Å². The minimum absolute atomic E-state index is 0.149. The second-order valence-electron chi connectivity index (χ2n) is 6.30. The summed E-state index contributed by atoms with van der Waals surface area (Å²) in [4.78, 5) is 23.0. The van der Waals surface area contributed by atoms with Gasteiger partial charge in [0.15, 0.2) is 5.01 Å². The molecule has 2 aliphatic rings. The number of carbonyl (C=O) groups excluding carboxylic acids is 1. The lowest BCUT2D eigenvalue weighted by Crippen LogP contribution is -2.28. The van der Waals surface area contributed by atoms with Gasteiger partial charge in [-0.25, -0.2) is 4.98 Å². The van der Waals surface area contributed by atoms with E-state index in [1.165, 1.54) is 10.4 Å². The zero-order valence-electron chi connectivity index (χ0n) is 13.2. The third-order valence-corrected chi connectivity index (χ3v) is 6.54. The lowest BCUT2D eigenvalue weighted by atomic mass is 10.2. The summed E-state index contributed by atoms with van der Waals surface area (Å²) in [5.74, 6) is 0.149. The highest BCUT2D eigenvalue weighted by Gasteiger charge is 2.25. The molecule has 4 rings (SSSR count). The molecule has 0 unspecified atom stereocenters. The fourth-order valence-corrected chi connectivity index (χ4v) is 5.08. The number of rotatable bonds is 3. The first-order valence-electron chi connectivity index (χ1n) is 8.31. The van der Waals surface area contributed by atoms with Crippen LogP contribution >= 0.6 is 22.7 Å². The Morgan fingerprint density at radius 3 is 2.78 bits per heavy atom. The molecule has 1 saturated heterocycles.